The normalized spacial score (nSPS) is 14.4. The Morgan fingerprint density at radius 1 is 0.309 bits per heavy atom. The van der Waals surface area contributed by atoms with Gasteiger partial charge in [0.15, 0.2) is 12.2 Å². The number of carbonyl (C=O) groups is 4. The number of carbonyl (C=O) groups excluding carboxylic acids is 4. The average molecular weight is 1380 g/mol. The van der Waals surface area contributed by atoms with Gasteiger partial charge in [0, 0.05) is 25.7 Å². The zero-order chi connectivity index (χ0) is 69.4. The molecule has 0 rings (SSSR count). The van der Waals surface area contributed by atoms with Gasteiger partial charge in [-0.15, -0.1) is 0 Å². The van der Waals surface area contributed by atoms with Crippen molar-refractivity contribution in [3.63, 3.8) is 0 Å². The molecule has 0 aliphatic heterocycles. The first-order valence-electron chi connectivity index (χ1n) is 38.9. The summed E-state index contributed by atoms with van der Waals surface area (Å²) in [6.45, 7) is 11.9. The number of phosphoric acid groups is 2. The van der Waals surface area contributed by atoms with Crippen LogP contribution in [-0.2, 0) is 65.4 Å². The highest BCUT2D eigenvalue weighted by atomic mass is 31.2. The zero-order valence-electron chi connectivity index (χ0n) is 61.4. The second kappa shape index (κ2) is 65.7. The first-order valence-corrected chi connectivity index (χ1v) is 41.9. The molecule has 0 fully saturated rings. The number of ether oxygens (including phenoxy) is 4. The average Bonchev–Trinajstić information content (AvgIpc) is 1.86. The fraction of sp³-hybridized carbons (Fsp3) is 0.947. The largest absolute Gasteiger partial charge is 0.472 e. The number of hydrogen-bond acceptors (Lipinski definition) is 15. The number of unbranched alkanes of at least 4 members (excludes halogenated alkanes) is 40. The molecular formula is C75H146O17P2. The van der Waals surface area contributed by atoms with E-state index in [1.807, 2.05) is 0 Å². The van der Waals surface area contributed by atoms with Crippen molar-refractivity contribution in [3.05, 3.63) is 0 Å². The first kappa shape index (κ1) is 92.1. The molecule has 0 spiro atoms. The number of esters is 4. The lowest BCUT2D eigenvalue weighted by Gasteiger charge is -2.21. The molecule has 0 aromatic heterocycles. The van der Waals surface area contributed by atoms with Gasteiger partial charge in [-0.05, 0) is 43.4 Å². The summed E-state index contributed by atoms with van der Waals surface area (Å²) in [6.07, 6.45) is 51.4. The smallest absolute Gasteiger partial charge is 0.462 e. The Morgan fingerprint density at radius 3 is 0.809 bits per heavy atom. The minimum Gasteiger partial charge on any atom is -0.462 e. The van der Waals surface area contributed by atoms with Crippen molar-refractivity contribution in [2.24, 2.45) is 17.8 Å². The van der Waals surface area contributed by atoms with Crippen LogP contribution in [0.4, 0.5) is 0 Å². The predicted octanol–water partition coefficient (Wildman–Crippen LogP) is 21.8. The zero-order valence-corrected chi connectivity index (χ0v) is 63.2. The number of hydrogen-bond donors (Lipinski definition) is 3. The van der Waals surface area contributed by atoms with Crippen molar-refractivity contribution >= 4 is 39.5 Å². The first-order chi connectivity index (χ1) is 45.3. The molecule has 0 aromatic rings. The van der Waals surface area contributed by atoms with Crippen LogP contribution in [0.3, 0.4) is 0 Å². The lowest BCUT2D eigenvalue weighted by Crippen LogP contribution is -2.30. The Hall–Kier alpha value is -1.94. The third-order valence-electron chi connectivity index (χ3n) is 17.7. The number of rotatable bonds is 73. The third kappa shape index (κ3) is 67.3. The summed E-state index contributed by atoms with van der Waals surface area (Å²) in [5, 5.41) is 10.6. The number of aliphatic hydroxyl groups is 1. The van der Waals surface area contributed by atoms with E-state index in [2.05, 4.69) is 48.5 Å². The molecule has 0 heterocycles. The van der Waals surface area contributed by atoms with Gasteiger partial charge >= 0.3 is 39.5 Å². The Bertz CT molecular complexity index is 1840. The lowest BCUT2D eigenvalue weighted by atomic mass is 9.99. The predicted molar refractivity (Wildman–Crippen MR) is 381 cm³/mol. The van der Waals surface area contributed by atoms with Crippen LogP contribution in [0, 0.1) is 17.8 Å². The molecule has 558 valence electrons. The highest BCUT2D eigenvalue weighted by molar-refractivity contribution is 7.47. The molecule has 17 nitrogen and oxygen atoms in total. The van der Waals surface area contributed by atoms with Gasteiger partial charge in [-0.1, -0.05) is 331 Å². The van der Waals surface area contributed by atoms with Crippen LogP contribution in [0.5, 0.6) is 0 Å². The van der Waals surface area contributed by atoms with Crippen molar-refractivity contribution in [1.29, 1.82) is 0 Å². The lowest BCUT2D eigenvalue weighted by molar-refractivity contribution is -0.161. The Morgan fingerprint density at radius 2 is 0.543 bits per heavy atom. The SMILES string of the molecule is CCCCCCCCCCCCCC(=O)O[C@H](COC(=O)CCCCCCCCC(C)C)COP(=O)(O)OC[C@H](O)COP(=O)(O)OC[C@@H](COC(=O)CCCCCCCCCCCCCCCC(C)C)OC(=O)CCCCCCCCCCCCCCCCC(C)CC. The van der Waals surface area contributed by atoms with E-state index in [-0.39, 0.29) is 25.7 Å². The summed E-state index contributed by atoms with van der Waals surface area (Å²) in [5.41, 5.74) is 0. The molecule has 19 heteroatoms. The molecule has 0 aromatic carbocycles. The Balaban J connectivity index is 5.23. The Labute approximate surface area is 575 Å². The maximum atomic E-state index is 13.1. The van der Waals surface area contributed by atoms with E-state index in [9.17, 15) is 43.2 Å². The molecule has 0 aliphatic rings. The van der Waals surface area contributed by atoms with Gasteiger partial charge in [0.2, 0.25) is 0 Å². The third-order valence-corrected chi connectivity index (χ3v) is 19.6. The van der Waals surface area contributed by atoms with Crippen LogP contribution in [0.25, 0.3) is 0 Å². The maximum Gasteiger partial charge on any atom is 0.472 e. The van der Waals surface area contributed by atoms with Gasteiger partial charge < -0.3 is 33.8 Å². The number of aliphatic hydroxyl groups excluding tert-OH is 1. The number of phosphoric ester groups is 2. The van der Waals surface area contributed by atoms with E-state index in [0.717, 1.165) is 108 Å². The molecule has 94 heavy (non-hydrogen) atoms. The molecular weight excluding hydrogens is 1230 g/mol. The van der Waals surface area contributed by atoms with E-state index in [4.69, 9.17) is 37.0 Å². The molecule has 0 saturated heterocycles. The van der Waals surface area contributed by atoms with Crippen LogP contribution < -0.4 is 0 Å². The van der Waals surface area contributed by atoms with Gasteiger partial charge in [0.25, 0.3) is 0 Å². The van der Waals surface area contributed by atoms with Crippen molar-refractivity contribution in [1.82, 2.24) is 0 Å². The minimum atomic E-state index is -4.96. The monoisotopic (exact) mass is 1380 g/mol. The van der Waals surface area contributed by atoms with E-state index in [1.54, 1.807) is 0 Å². The van der Waals surface area contributed by atoms with Gasteiger partial charge in [-0.2, -0.15) is 0 Å². The fourth-order valence-corrected chi connectivity index (χ4v) is 13.0. The highest BCUT2D eigenvalue weighted by Gasteiger charge is 2.30. The molecule has 6 atom stereocenters. The standard InChI is InChI=1S/C75H146O17P2/c1-8-10-11-12-13-14-22-30-35-44-51-58-74(79)92-71(63-86-73(78)57-50-43-38-37-40-47-54-67(5)6)65-90-94(83,84)88-61-69(76)60-87-93(81,82)89-64-70(62-85-72(77)56-49-42-34-29-25-21-17-18-23-27-32-39-46-53-66(3)4)91-75(80)59-52-45-36-31-26-20-16-15-19-24-28-33-41-48-55-68(7)9-2/h66-71,76H,8-65H2,1-7H3,(H,81,82)(H,83,84)/t68?,69-,70-,71-/m1/s1. The van der Waals surface area contributed by atoms with Crippen LogP contribution in [-0.4, -0.2) is 96.7 Å². The molecule has 0 amide bonds. The minimum absolute atomic E-state index is 0.106. The summed E-state index contributed by atoms with van der Waals surface area (Å²) < 4.78 is 68.4. The van der Waals surface area contributed by atoms with E-state index in [0.29, 0.717) is 31.6 Å². The van der Waals surface area contributed by atoms with E-state index < -0.39 is 97.5 Å². The summed E-state index contributed by atoms with van der Waals surface area (Å²) in [6, 6.07) is 0. The van der Waals surface area contributed by atoms with Gasteiger partial charge in [-0.25, -0.2) is 9.13 Å². The van der Waals surface area contributed by atoms with Crippen LogP contribution in [0.2, 0.25) is 0 Å². The van der Waals surface area contributed by atoms with E-state index in [1.165, 1.54) is 186 Å². The van der Waals surface area contributed by atoms with Crippen LogP contribution in [0.15, 0.2) is 0 Å². The fourth-order valence-electron chi connectivity index (χ4n) is 11.4. The molecule has 0 bridgehead atoms. The van der Waals surface area contributed by atoms with Crippen molar-refractivity contribution in [2.75, 3.05) is 39.6 Å². The topological polar surface area (TPSA) is 237 Å². The second-order valence-electron chi connectivity index (χ2n) is 28.2. The van der Waals surface area contributed by atoms with Crippen LogP contribution >= 0.6 is 15.6 Å². The molecule has 0 radical (unpaired) electrons. The summed E-state index contributed by atoms with van der Waals surface area (Å²) in [5.74, 6) is 0.196. The highest BCUT2D eigenvalue weighted by Crippen LogP contribution is 2.45. The summed E-state index contributed by atoms with van der Waals surface area (Å²) in [7, 11) is -9.91. The quantitative estimate of drug-likeness (QED) is 0.0222. The molecule has 0 aliphatic carbocycles. The van der Waals surface area contributed by atoms with Crippen molar-refractivity contribution in [2.45, 2.75) is 401 Å². The maximum absolute atomic E-state index is 13.1. The van der Waals surface area contributed by atoms with Gasteiger partial charge in [0.1, 0.15) is 19.3 Å². The summed E-state index contributed by atoms with van der Waals surface area (Å²) in [4.78, 5) is 72.7. The molecule has 3 unspecified atom stereocenters. The molecule has 3 N–H and O–H groups in total. The Kier molecular flexibility index (Phi) is 64.3. The van der Waals surface area contributed by atoms with Gasteiger partial charge in [0.05, 0.1) is 26.4 Å². The molecule has 0 saturated carbocycles. The van der Waals surface area contributed by atoms with Crippen LogP contribution in [0.1, 0.15) is 382 Å². The summed E-state index contributed by atoms with van der Waals surface area (Å²) >= 11 is 0. The van der Waals surface area contributed by atoms with Crippen molar-refractivity contribution < 1.29 is 80.2 Å². The second-order valence-corrected chi connectivity index (χ2v) is 31.1. The van der Waals surface area contributed by atoms with E-state index >= 15 is 0 Å². The van der Waals surface area contributed by atoms with Gasteiger partial charge in [-0.3, -0.25) is 37.3 Å². The van der Waals surface area contributed by atoms with Crippen molar-refractivity contribution in [3.8, 4) is 0 Å².